The van der Waals surface area contributed by atoms with E-state index in [-0.39, 0.29) is 11.9 Å². The molecule has 10 heavy (non-hydrogen) atoms. The summed E-state index contributed by atoms with van der Waals surface area (Å²) in [5, 5.41) is 0. The zero-order valence-corrected chi connectivity index (χ0v) is 5.45. The van der Waals surface area contributed by atoms with Crippen LogP contribution in [0.1, 0.15) is 6.42 Å². The maximum Gasteiger partial charge on any atom is 0.218 e. The molecule has 0 aromatic carbocycles. The Morgan fingerprint density at radius 1 is 1.50 bits per heavy atom. The van der Waals surface area contributed by atoms with E-state index in [1.165, 1.54) is 0 Å². The van der Waals surface area contributed by atoms with Gasteiger partial charge in [-0.3, -0.25) is 4.79 Å². The minimum absolute atomic E-state index is 0.179. The van der Waals surface area contributed by atoms with Crippen LogP contribution in [-0.4, -0.2) is 24.8 Å². The molecule has 2 bridgehead atoms. The van der Waals surface area contributed by atoms with E-state index in [2.05, 4.69) is 0 Å². The fraction of sp³-hybridized carbons (Fsp3) is 0.857. The van der Waals surface area contributed by atoms with Crippen molar-refractivity contribution in [1.29, 1.82) is 0 Å². The van der Waals surface area contributed by atoms with Gasteiger partial charge in [0, 0.05) is 5.92 Å². The molecule has 3 nitrogen and oxygen atoms in total. The highest BCUT2D eigenvalue weighted by atomic mass is 16.7. The van der Waals surface area contributed by atoms with Crippen molar-refractivity contribution in [1.82, 2.24) is 0 Å². The van der Waals surface area contributed by atoms with Gasteiger partial charge in [-0.2, -0.15) is 0 Å². The van der Waals surface area contributed by atoms with Crippen LogP contribution in [0.5, 0.6) is 0 Å². The second-order valence-corrected chi connectivity index (χ2v) is 3.25. The highest BCUT2D eigenvalue weighted by molar-refractivity contribution is 5.88. The van der Waals surface area contributed by atoms with Crippen molar-refractivity contribution >= 4 is 5.78 Å². The fourth-order valence-corrected chi connectivity index (χ4v) is 1.92. The van der Waals surface area contributed by atoms with Gasteiger partial charge in [-0.25, -0.2) is 0 Å². The Labute approximate surface area is 58.3 Å². The summed E-state index contributed by atoms with van der Waals surface area (Å²) >= 11 is 0. The molecule has 0 amide bonds. The van der Waals surface area contributed by atoms with Crippen LogP contribution in [-0.2, 0) is 14.3 Å². The summed E-state index contributed by atoms with van der Waals surface area (Å²) in [5.41, 5.74) is 0. The third-order valence-corrected chi connectivity index (χ3v) is 2.63. The minimum atomic E-state index is -0.492. The van der Waals surface area contributed by atoms with Gasteiger partial charge >= 0.3 is 0 Å². The van der Waals surface area contributed by atoms with Crippen LogP contribution in [0.25, 0.3) is 0 Å². The quantitative estimate of drug-likeness (QED) is 0.473. The maximum atomic E-state index is 11.2. The zero-order chi connectivity index (χ0) is 6.72. The number of hydrogen-bond acceptors (Lipinski definition) is 3. The predicted octanol–water partition coefficient (Wildman–Crippen LogP) is -0.0533. The van der Waals surface area contributed by atoms with Crippen LogP contribution in [0.3, 0.4) is 0 Å². The Hall–Kier alpha value is -0.410. The first-order valence-corrected chi connectivity index (χ1v) is 3.67. The smallest absolute Gasteiger partial charge is 0.218 e. The Kier molecular flexibility index (Phi) is 0.754. The van der Waals surface area contributed by atoms with Crippen LogP contribution < -0.4 is 0 Å². The number of carbonyl (C=O) groups is 1. The Morgan fingerprint density at radius 3 is 3.30 bits per heavy atom. The lowest BCUT2D eigenvalue weighted by molar-refractivity contribution is -0.153. The Balaban J connectivity index is 1.98. The van der Waals surface area contributed by atoms with Gasteiger partial charge in [-0.1, -0.05) is 0 Å². The van der Waals surface area contributed by atoms with Gasteiger partial charge < -0.3 is 9.47 Å². The van der Waals surface area contributed by atoms with Crippen molar-refractivity contribution in [2.75, 3.05) is 6.61 Å². The number of Topliss-reactive ketones (excluding diaryl/α,β-unsaturated/α-hetero) is 1. The van der Waals surface area contributed by atoms with Crippen LogP contribution in [0, 0.1) is 11.8 Å². The zero-order valence-electron chi connectivity index (χ0n) is 5.45. The van der Waals surface area contributed by atoms with Crippen LogP contribution in [0.2, 0.25) is 0 Å². The number of ketones is 1. The van der Waals surface area contributed by atoms with E-state index < -0.39 is 6.29 Å². The van der Waals surface area contributed by atoms with Crippen molar-refractivity contribution < 1.29 is 14.3 Å². The molecule has 3 fully saturated rings. The molecule has 0 radical (unpaired) electrons. The topological polar surface area (TPSA) is 35.5 Å². The molecule has 3 heteroatoms. The molecule has 4 atom stereocenters. The summed E-state index contributed by atoms with van der Waals surface area (Å²) in [6, 6.07) is 0. The molecule has 3 aliphatic rings. The highest BCUT2D eigenvalue weighted by Crippen LogP contribution is 2.50. The standard InChI is InChI=1S/C7H8O3/c8-6-4-1-3(4)5-2-9-7(6)10-5/h3-5,7H,1-2H2. The van der Waals surface area contributed by atoms with Crippen LogP contribution in [0.15, 0.2) is 0 Å². The van der Waals surface area contributed by atoms with E-state index in [0.717, 1.165) is 6.42 Å². The number of hydrogen-bond donors (Lipinski definition) is 0. The van der Waals surface area contributed by atoms with Crippen molar-refractivity contribution in [3.8, 4) is 0 Å². The first-order chi connectivity index (χ1) is 4.86. The van der Waals surface area contributed by atoms with Gasteiger partial charge in [0.05, 0.1) is 12.7 Å². The average molecular weight is 140 g/mol. The fourth-order valence-electron chi connectivity index (χ4n) is 1.92. The summed E-state index contributed by atoms with van der Waals surface area (Å²) in [6.07, 6.45) is 0.796. The molecular formula is C7H8O3. The summed E-state index contributed by atoms with van der Waals surface area (Å²) in [7, 11) is 0. The van der Waals surface area contributed by atoms with Crippen LogP contribution >= 0.6 is 0 Å². The summed E-state index contributed by atoms with van der Waals surface area (Å²) < 4.78 is 10.4. The Morgan fingerprint density at radius 2 is 2.40 bits per heavy atom. The van der Waals surface area contributed by atoms with E-state index in [0.29, 0.717) is 18.4 Å². The molecule has 2 aliphatic heterocycles. The van der Waals surface area contributed by atoms with Crippen molar-refractivity contribution in [2.45, 2.75) is 18.8 Å². The summed E-state index contributed by atoms with van der Waals surface area (Å²) in [6.45, 7) is 0.636. The third kappa shape index (κ3) is 0.466. The summed E-state index contributed by atoms with van der Waals surface area (Å²) in [4.78, 5) is 11.2. The SMILES string of the molecule is O=C1C2OCC(O2)C2CC12. The van der Waals surface area contributed by atoms with Crippen molar-refractivity contribution in [3.63, 3.8) is 0 Å². The molecule has 0 spiro atoms. The van der Waals surface area contributed by atoms with Crippen molar-refractivity contribution in [3.05, 3.63) is 0 Å². The van der Waals surface area contributed by atoms with Gasteiger partial charge in [0.25, 0.3) is 0 Å². The van der Waals surface area contributed by atoms with Gasteiger partial charge in [0.1, 0.15) is 0 Å². The molecule has 0 aromatic rings. The number of ether oxygens (including phenoxy) is 2. The molecule has 0 N–H and O–H groups in total. The third-order valence-electron chi connectivity index (χ3n) is 2.63. The molecule has 2 saturated heterocycles. The average Bonchev–Trinajstić information content (AvgIpc) is 2.61. The molecule has 1 aliphatic carbocycles. The van der Waals surface area contributed by atoms with E-state index >= 15 is 0 Å². The minimum Gasteiger partial charge on any atom is -0.343 e. The molecule has 3 rings (SSSR count). The van der Waals surface area contributed by atoms with Gasteiger partial charge in [0.15, 0.2) is 5.78 Å². The number of rotatable bonds is 0. The number of carbonyl (C=O) groups excluding carboxylic acids is 1. The first-order valence-electron chi connectivity index (χ1n) is 3.67. The first kappa shape index (κ1) is 5.27. The van der Waals surface area contributed by atoms with E-state index in [1.54, 1.807) is 0 Å². The molecule has 54 valence electrons. The van der Waals surface area contributed by atoms with Crippen molar-refractivity contribution in [2.24, 2.45) is 11.8 Å². The lowest BCUT2D eigenvalue weighted by atomic mass is 10.1. The van der Waals surface area contributed by atoms with E-state index in [1.807, 2.05) is 0 Å². The van der Waals surface area contributed by atoms with Gasteiger partial charge in [-0.05, 0) is 12.3 Å². The second-order valence-electron chi connectivity index (χ2n) is 3.25. The monoisotopic (exact) mass is 140 g/mol. The molecule has 1 saturated carbocycles. The van der Waals surface area contributed by atoms with Gasteiger partial charge in [0.2, 0.25) is 6.29 Å². The Bertz CT molecular complexity index is 201. The molecule has 0 aromatic heterocycles. The van der Waals surface area contributed by atoms with Crippen LogP contribution in [0.4, 0.5) is 0 Å². The molecule has 2 heterocycles. The predicted molar refractivity (Wildman–Crippen MR) is 31.2 cm³/mol. The summed E-state index contributed by atoms with van der Waals surface area (Å²) in [5.74, 6) is 0.983. The van der Waals surface area contributed by atoms with E-state index in [4.69, 9.17) is 9.47 Å². The number of fused-ring (bicyclic) bond motifs is 4. The lowest BCUT2D eigenvalue weighted by Crippen LogP contribution is -2.30. The van der Waals surface area contributed by atoms with E-state index in [9.17, 15) is 4.79 Å². The molecule has 4 unspecified atom stereocenters. The largest absolute Gasteiger partial charge is 0.343 e. The normalized spacial score (nSPS) is 56.6. The maximum absolute atomic E-state index is 11.2. The highest BCUT2D eigenvalue weighted by Gasteiger charge is 2.58. The van der Waals surface area contributed by atoms with Gasteiger partial charge in [-0.15, -0.1) is 0 Å². The second kappa shape index (κ2) is 1.43. The lowest BCUT2D eigenvalue weighted by Gasteiger charge is -2.14. The molecular weight excluding hydrogens is 132 g/mol.